The van der Waals surface area contributed by atoms with Crippen LogP contribution in [0.25, 0.3) is 0 Å². The number of carbonyl (C=O) groups excluding carboxylic acids is 1. The van der Waals surface area contributed by atoms with Gasteiger partial charge in [0, 0.05) is 32.7 Å². The van der Waals surface area contributed by atoms with Gasteiger partial charge < -0.3 is 20.7 Å². The Morgan fingerprint density at radius 1 is 1.53 bits per heavy atom. The molecule has 1 unspecified atom stereocenters. The fourth-order valence-corrected chi connectivity index (χ4v) is 1.63. The largest absolute Gasteiger partial charge is 0.462 e. The molecule has 1 aliphatic heterocycles. The highest BCUT2D eigenvalue weighted by molar-refractivity contribution is 5.71. The fourth-order valence-electron chi connectivity index (χ4n) is 1.63. The molecule has 0 spiro atoms. The van der Waals surface area contributed by atoms with Crippen LogP contribution in [0, 0.1) is 0 Å². The highest BCUT2D eigenvalue weighted by atomic mass is 16.5. The zero-order chi connectivity index (χ0) is 11.1. The number of piperazine rings is 1. The average Bonchev–Trinajstić information content (AvgIpc) is 2.27. The fraction of sp³-hybridized carbons (Fsp3) is 0.900. The Morgan fingerprint density at radius 3 is 2.80 bits per heavy atom. The van der Waals surface area contributed by atoms with Crippen LogP contribution in [0.4, 0.5) is 0 Å². The van der Waals surface area contributed by atoms with Gasteiger partial charge in [0.15, 0.2) is 0 Å². The smallest absolute Gasteiger partial charge is 0.319 e. The van der Waals surface area contributed by atoms with Gasteiger partial charge >= 0.3 is 5.97 Å². The van der Waals surface area contributed by atoms with E-state index < -0.39 is 0 Å². The lowest BCUT2D eigenvalue weighted by molar-refractivity contribution is -0.146. The standard InChI is InChI=1S/C10H21N3O2/c1-9(15-10(14)8-11)2-5-13-6-3-12-4-7-13/h9,12H,2-8,11H2,1H3. The van der Waals surface area contributed by atoms with E-state index in [1.165, 1.54) is 0 Å². The van der Waals surface area contributed by atoms with Gasteiger partial charge in [-0.2, -0.15) is 0 Å². The van der Waals surface area contributed by atoms with Crippen LogP contribution in [0.3, 0.4) is 0 Å². The summed E-state index contributed by atoms with van der Waals surface area (Å²) in [7, 11) is 0. The topological polar surface area (TPSA) is 67.6 Å². The third-order valence-corrected chi connectivity index (χ3v) is 2.56. The molecule has 1 saturated heterocycles. The van der Waals surface area contributed by atoms with Crippen LogP contribution in [0.1, 0.15) is 13.3 Å². The molecule has 0 aromatic carbocycles. The first-order valence-electron chi connectivity index (χ1n) is 5.55. The van der Waals surface area contributed by atoms with Crippen molar-refractivity contribution in [3.63, 3.8) is 0 Å². The number of carbonyl (C=O) groups is 1. The van der Waals surface area contributed by atoms with Crippen molar-refractivity contribution in [1.82, 2.24) is 10.2 Å². The number of nitrogens with one attached hydrogen (secondary N) is 1. The van der Waals surface area contributed by atoms with Gasteiger partial charge in [0.1, 0.15) is 6.10 Å². The van der Waals surface area contributed by atoms with Crippen LogP contribution in [0.5, 0.6) is 0 Å². The van der Waals surface area contributed by atoms with Gasteiger partial charge in [-0.25, -0.2) is 0 Å². The monoisotopic (exact) mass is 215 g/mol. The molecule has 0 aliphatic carbocycles. The van der Waals surface area contributed by atoms with Crippen molar-refractivity contribution < 1.29 is 9.53 Å². The second-order valence-electron chi connectivity index (χ2n) is 3.88. The molecule has 5 nitrogen and oxygen atoms in total. The summed E-state index contributed by atoms with van der Waals surface area (Å²) < 4.78 is 5.08. The van der Waals surface area contributed by atoms with Gasteiger partial charge in [-0.1, -0.05) is 0 Å². The zero-order valence-corrected chi connectivity index (χ0v) is 9.37. The maximum Gasteiger partial charge on any atom is 0.319 e. The first-order chi connectivity index (χ1) is 7.22. The van der Waals surface area contributed by atoms with E-state index in [-0.39, 0.29) is 18.6 Å². The molecule has 5 heteroatoms. The Hall–Kier alpha value is -0.650. The molecule has 0 aromatic rings. The first-order valence-corrected chi connectivity index (χ1v) is 5.55. The molecule has 1 fully saturated rings. The molecule has 88 valence electrons. The molecular weight excluding hydrogens is 194 g/mol. The lowest BCUT2D eigenvalue weighted by Gasteiger charge is -2.28. The maximum atomic E-state index is 10.9. The van der Waals surface area contributed by atoms with E-state index >= 15 is 0 Å². The van der Waals surface area contributed by atoms with Gasteiger partial charge in [0.05, 0.1) is 6.54 Å². The molecule has 1 aliphatic rings. The van der Waals surface area contributed by atoms with Crippen LogP contribution in [0.2, 0.25) is 0 Å². The van der Waals surface area contributed by atoms with Crippen LogP contribution in [-0.2, 0) is 9.53 Å². The highest BCUT2D eigenvalue weighted by Gasteiger charge is 2.12. The Morgan fingerprint density at radius 2 is 2.20 bits per heavy atom. The van der Waals surface area contributed by atoms with Crippen molar-refractivity contribution in [3.8, 4) is 0 Å². The van der Waals surface area contributed by atoms with E-state index in [1.54, 1.807) is 0 Å². The number of nitrogens with two attached hydrogens (primary N) is 1. The van der Waals surface area contributed by atoms with Crippen molar-refractivity contribution in [3.05, 3.63) is 0 Å². The van der Waals surface area contributed by atoms with E-state index in [1.807, 2.05) is 6.92 Å². The Bertz CT molecular complexity index is 193. The molecule has 1 heterocycles. The van der Waals surface area contributed by atoms with Gasteiger partial charge in [-0.05, 0) is 13.3 Å². The van der Waals surface area contributed by atoms with Crippen LogP contribution >= 0.6 is 0 Å². The molecule has 15 heavy (non-hydrogen) atoms. The average molecular weight is 215 g/mol. The summed E-state index contributed by atoms with van der Waals surface area (Å²) in [6.07, 6.45) is 0.849. The highest BCUT2D eigenvalue weighted by Crippen LogP contribution is 2.01. The van der Waals surface area contributed by atoms with Crippen molar-refractivity contribution in [1.29, 1.82) is 0 Å². The van der Waals surface area contributed by atoms with Crippen LogP contribution in [-0.4, -0.2) is 56.2 Å². The number of esters is 1. The normalized spacial score (nSPS) is 19.9. The molecule has 0 saturated carbocycles. The summed E-state index contributed by atoms with van der Waals surface area (Å²) in [5.74, 6) is -0.317. The minimum Gasteiger partial charge on any atom is -0.462 e. The van der Waals surface area contributed by atoms with Crippen LogP contribution < -0.4 is 11.1 Å². The van der Waals surface area contributed by atoms with E-state index in [0.717, 1.165) is 39.1 Å². The predicted molar refractivity (Wildman–Crippen MR) is 58.5 cm³/mol. The maximum absolute atomic E-state index is 10.9. The van der Waals surface area contributed by atoms with Gasteiger partial charge in [-0.3, -0.25) is 4.79 Å². The van der Waals surface area contributed by atoms with Gasteiger partial charge in [0.2, 0.25) is 0 Å². The predicted octanol–water partition coefficient (Wildman–Crippen LogP) is -0.828. The second-order valence-corrected chi connectivity index (χ2v) is 3.88. The van der Waals surface area contributed by atoms with Crippen molar-refractivity contribution in [2.75, 3.05) is 39.3 Å². The number of hydrogen-bond acceptors (Lipinski definition) is 5. The molecule has 3 N–H and O–H groups in total. The van der Waals surface area contributed by atoms with Crippen LogP contribution in [0.15, 0.2) is 0 Å². The minimum absolute atomic E-state index is 0.0298. The van der Waals surface area contributed by atoms with E-state index in [2.05, 4.69) is 10.2 Å². The zero-order valence-electron chi connectivity index (χ0n) is 9.37. The van der Waals surface area contributed by atoms with Gasteiger partial charge in [0.25, 0.3) is 0 Å². The summed E-state index contributed by atoms with van der Waals surface area (Å²) in [4.78, 5) is 13.3. The van der Waals surface area contributed by atoms with Crippen molar-refractivity contribution in [2.24, 2.45) is 5.73 Å². The molecule has 1 atom stereocenters. The lowest BCUT2D eigenvalue weighted by atomic mass is 10.2. The summed E-state index contributed by atoms with van der Waals surface area (Å²) in [5.41, 5.74) is 5.17. The molecule has 0 radical (unpaired) electrons. The summed E-state index contributed by atoms with van der Waals surface area (Å²) in [5, 5.41) is 3.30. The third kappa shape index (κ3) is 5.11. The number of hydrogen-bond donors (Lipinski definition) is 2. The van der Waals surface area contributed by atoms with Crippen molar-refractivity contribution >= 4 is 5.97 Å². The summed E-state index contributed by atoms with van der Waals surface area (Å²) in [6, 6.07) is 0. The summed E-state index contributed by atoms with van der Waals surface area (Å²) >= 11 is 0. The summed E-state index contributed by atoms with van der Waals surface area (Å²) in [6.45, 7) is 7.14. The molecule has 0 aromatic heterocycles. The van der Waals surface area contributed by atoms with Crippen molar-refractivity contribution in [2.45, 2.75) is 19.4 Å². The first kappa shape index (κ1) is 12.4. The SMILES string of the molecule is CC(CCN1CCNCC1)OC(=O)CN. The number of nitrogens with zero attached hydrogens (tertiary/aromatic N) is 1. The van der Waals surface area contributed by atoms with E-state index in [9.17, 15) is 4.79 Å². The van der Waals surface area contributed by atoms with E-state index in [0.29, 0.717) is 0 Å². The Balaban J connectivity index is 2.09. The second kappa shape index (κ2) is 6.76. The molecular formula is C10H21N3O2. The molecule has 0 amide bonds. The minimum atomic E-state index is -0.317. The molecule has 0 bridgehead atoms. The number of rotatable bonds is 5. The quantitative estimate of drug-likeness (QED) is 0.586. The molecule has 1 rings (SSSR count). The van der Waals surface area contributed by atoms with Gasteiger partial charge in [-0.15, -0.1) is 0 Å². The van der Waals surface area contributed by atoms with E-state index in [4.69, 9.17) is 10.5 Å². The number of ether oxygens (including phenoxy) is 1. The Labute approximate surface area is 90.9 Å². The third-order valence-electron chi connectivity index (χ3n) is 2.56. The lowest BCUT2D eigenvalue weighted by Crippen LogP contribution is -2.44. The Kier molecular flexibility index (Phi) is 5.60.